The molecule has 1 aliphatic heterocycles. The summed E-state index contributed by atoms with van der Waals surface area (Å²) in [6, 6.07) is 12.5. The van der Waals surface area contributed by atoms with Crippen molar-refractivity contribution in [2.75, 3.05) is 11.5 Å². The molecule has 0 atom stereocenters. The predicted octanol–water partition coefficient (Wildman–Crippen LogP) is 5.44. The SMILES string of the molecule is CCOc1cc(/C=C2\C(=O)NC(=O)N(c3cccc(Cl)c3C)C2=O)cc(Cl)c1OS(=O)(=O)c1ccc(C)cc1. The minimum atomic E-state index is -4.26. The molecule has 1 heterocycles. The second-order valence-electron chi connectivity index (χ2n) is 8.46. The Morgan fingerprint density at radius 2 is 1.67 bits per heavy atom. The van der Waals surface area contributed by atoms with Gasteiger partial charge in [0.1, 0.15) is 10.5 Å². The number of halogens is 2. The number of rotatable bonds is 7. The summed E-state index contributed by atoms with van der Waals surface area (Å²) in [5.74, 6) is -2.09. The van der Waals surface area contributed by atoms with E-state index < -0.39 is 28.0 Å². The van der Waals surface area contributed by atoms with Gasteiger partial charge in [0.05, 0.1) is 17.3 Å². The van der Waals surface area contributed by atoms with Crippen LogP contribution in [-0.4, -0.2) is 32.9 Å². The maximum absolute atomic E-state index is 13.3. The van der Waals surface area contributed by atoms with Gasteiger partial charge in [0.25, 0.3) is 11.8 Å². The Kier molecular flexibility index (Phi) is 8.01. The monoisotopic (exact) mass is 588 g/mol. The standard InChI is InChI=1S/C27H22Cl2N2O7S/c1-4-37-23-14-17(13-21(29)24(23)38-39(35,36)18-10-8-15(2)9-11-18)12-19-25(32)30-27(34)31(26(19)33)22-7-5-6-20(28)16(22)3/h5-14H,4H2,1-3H3,(H,30,32,34)/b19-12+. The number of carbonyl (C=O) groups is 3. The highest BCUT2D eigenvalue weighted by molar-refractivity contribution is 7.87. The van der Waals surface area contributed by atoms with Gasteiger partial charge in [0.2, 0.25) is 5.75 Å². The fraction of sp³-hybridized carbons (Fsp3) is 0.148. The number of hydrogen-bond acceptors (Lipinski definition) is 7. The quantitative estimate of drug-likeness (QED) is 0.221. The van der Waals surface area contributed by atoms with E-state index in [1.165, 1.54) is 36.4 Å². The molecule has 0 aliphatic carbocycles. The van der Waals surface area contributed by atoms with E-state index in [9.17, 15) is 22.8 Å². The van der Waals surface area contributed by atoms with Gasteiger partial charge in [0.15, 0.2) is 5.75 Å². The fourth-order valence-corrected chi connectivity index (χ4v) is 5.19. The zero-order chi connectivity index (χ0) is 28.5. The molecule has 0 bridgehead atoms. The Hall–Kier alpha value is -3.86. The van der Waals surface area contributed by atoms with Crippen LogP contribution in [-0.2, 0) is 19.7 Å². The number of nitrogens with zero attached hydrogens (tertiary/aromatic N) is 1. The summed E-state index contributed by atoms with van der Waals surface area (Å²) in [5.41, 5.74) is 1.40. The predicted molar refractivity (Wildman–Crippen MR) is 147 cm³/mol. The Labute approximate surface area is 235 Å². The zero-order valence-corrected chi connectivity index (χ0v) is 23.3. The number of nitrogens with one attached hydrogen (secondary N) is 1. The van der Waals surface area contributed by atoms with Crippen LogP contribution in [0.3, 0.4) is 0 Å². The second-order valence-corrected chi connectivity index (χ2v) is 10.8. The first-order chi connectivity index (χ1) is 18.4. The molecule has 0 saturated carbocycles. The molecular formula is C27H22Cl2N2O7S. The molecule has 4 rings (SSSR count). The molecule has 0 aromatic heterocycles. The molecule has 1 fully saturated rings. The van der Waals surface area contributed by atoms with Gasteiger partial charge in [0, 0.05) is 5.02 Å². The van der Waals surface area contributed by atoms with Crippen LogP contribution in [0.1, 0.15) is 23.6 Å². The number of benzene rings is 3. The van der Waals surface area contributed by atoms with E-state index in [-0.39, 0.29) is 44.8 Å². The van der Waals surface area contributed by atoms with Crippen LogP contribution in [0.4, 0.5) is 10.5 Å². The van der Waals surface area contributed by atoms with Gasteiger partial charge in [-0.3, -0.25) is 14.9 Å². The Morgan fingerprint density at radius 1 is 0.974 bits per heavy atom. The molecule has 12 heteroatoms. The van der Waals surface area contributed by atoms with Crippen LogP contribution >= 0.6 is 23.2 Å². The summed E-state index contributed by atoms with van der Waals surface area (Å²) >= 11 is 12.6. The van der Waals surface area contributed by atoms with Crippen molar-refractivity contribution in [3.05, 3.63) is 86.9 Å². The molecule has 1 aliphatic rings. The third kappa shape index (κ3) is 5.78. The molecule has 4 amide bonds. The lowest BCUT2D eigenvalue weighted by molar-refractivity contribution is -0.122. The van der Waals surface area contributed by atoms with Gasteiger partial charge in [-0.25, -0.2) is 9.69 Å². The highest BCUT2D eigenvalue weighted by Crippen LogP contribution is 2.39. The van der Waals surface area contributed by atoms with Crippen LogP contribution in [0.2, 0.25) is 10.0 Å². The minimum absolute atomic E-state index is 0.0326. The Balaban J connectivity index is 1.74. The Morgan fingerprint density at radius 3 is 2.33 bits per heavy atom. The highest BCUT2D eigenvalue weighted by atomic mass is 35.5. The van der Waals surface area contributed by atoms with E-state index >= 15 is 0 Å². The number of carbonyl (C=O) groups excluding carboxylic acids is 3. The second kappa shape index (κ2) is 11.1. The molecule has 1 N–H and O–H groups in total. The van der Waals surface area contributed by atoms with E-state index in [2.05, 4.69) is 5.32 Å². The van der Waals surface area contributed by atoms with E-state index in [0.717, 1.165) is 10.5 Å². The van der Waals surface area contributed by atoms with Crippen molar-refractivity contribution in [1.82, 2.24) is 5.32 Å². The summed E-state index contributed by atoms with van der Waals surface area (Å²) in [6.07, 6.45) is 1.21. The minimum Gasteiger partial charge on any atom is -0.490 e. The number of anilines is 1. The number of imide groups is 2. The van der Waals surface area contributed by atoms with Gasteiger partial charge in [-0.15, -0.1) is 0 Å². The Bertz CT molecular complexity index is 1630. The van der Waals surface area contributed by atoms with Gasteiger partial charge in [-0.1, -0.05) is 47.0 Å². The third-order valence-corrected chi connectivity index (χ3v) is 7.65. The van der Waals surface area contributed by atoms with Crippen LogP contribution in [0, 0.1) is 13.8 Å². The number of urea groups is 1. The molecule has 39 heavy (non-hydrogen) atoms. The third-order valence-electron chi connectivity index (χ3n) is 5.73. The first-order valence-electron chi connectivity index (χ1n) is 11.6. The first kappa shape index (κ1) is 28.2. The van der Waals surface area contributed by atoms with Gasteiger partial charge in [-0.2, -0.15) is 8.42 Å². The average molecular weight is 589 g/mol. The van der Waals surface area contributed by atoms with Gasteiger partial charge in [-0.05, 0) is 74.4 Å². The lowest BCUT2D eigenvalue weighted by Crippen LogP contribution is -2.54. The maximum atomic E-state index is 13.3. The van der Waals surface area contributed by atoms with Crippen molar-refractivity contribution < 1.29 is 31.7 Å². The average Bonchev–Trinajstić information content (AvgIpc) is 2.87. The van der Waals surface area contributed by atoms with Crippen molar-refractivity contribution in [3.63, 3.8) is 0 Å². The van der Waals surface area contributed by atoms with Crippen molar-refractivity contribution in [2.24, 2.45) is 0 Å². The normalized spacial score (nSPS) is 14.9. The summed E-state index contributed by atoms with van der Waals surface area (Å²) < 4.78 is 36.6. The van der Waals surface area contributed by atoms with Crippen LogP contribution in [0.25, 0.3) is 6.08 Å². The van der Waals surface area contributed by atoms with Gasteiger partial charge >= 0.3 is 16.1 Å². The zero-order valence-electron chi connectivity index (χ0n) is 20.9. The summed E-state index contributed by atoms with van der Waals surface area (Å²) in [6.45, 7) is 5.26. The topological polar surface area (TPSA) is 119 Å². The highest BCUT2D eigenvalue weighted by Gasteiger charge is 2.37. The lowest BCUT2D eigenvalue weighted by Gasteiger charge is -2.27. The summed E-state index contributed by atoms with van der Waals surface area (Å²) in [5, 5.41) is 2.33. The lowest BCUT2D eigenvalue weighted by atomic mass is 10.1. The van der Waals surface area contributed by atoms with Crippen molar-refractivity contribution >= 4 is 62.9 Å². The molecule has 0 unspecified atom stereocenters. The van der Waals surface area contributed by atoms with Crippen molar-refractivity contribution in [3.8, 4) is 11.5 Å². The number of amides is 4. The maximum Gasteiger partial charge on any atom is 0.339 e. The van der Waals surface area contributed by atoms with Crippen LogP contribution in [0.5, 0.6) is 11.5 Å². The first-order valence-corrected chi connectivity index (χ1v) is 13.7. The van der Waals surface area contributed by atoms with Crippen LogP contribution in [0.15, 0.2) is 65.1 Å². The van der Waals surface area contributed by atoms with E-state index in [1.807, 2.05) is 6.92 Å². The largest absolute Gasteiger partial charge is 0.490 e. The summed E-state index contributed by atoms with van der Waals surface area (Å²) in [4.78, 5) is 39.2. The molecule has 202 valence electrons. The van der Waals surface area contributed by atoms with E-state index in [0.29, 0.717) is 10.6 Å². The molecule has 3 aromatic rings. The molecule has 9 nitrogen and oxygen atoms in total. The van der Waals surface area contributed by atoms with Crippen molar-refractivity contribution in [1.29, 1.82) is 0 Å². The molecular weight excluding hydrogens is 567 g/mol. The van der Waals surface area contributed by atoms with Crippen LogP contribution < -0.4 is 19.1 Å². The molecule has 3 aromatic carbocycles. The van der Waals surface area contributed by atoms with Gasteiger partial charge < -0.3 is 8.92 Å². The molecule has 1 saturated heterocycles. The van der Waals surface area contributed by atoms with E-state index in [1.54, 1.807) is 38.1 Å². The molecule has 0 spiro atoms. The number of aryl methyl sites for hydroxylation is 1. The number of hydrogen-bond donors (Lipinski definition) is 1. The summed E-state index contributed by atoms with van der Waals surface area (Å²) in [7, 11) is -4.26. The van der Waals surface area contributed by atoms with Crippen molar-refractivity contribution in [2.45, 2.75) is 25.7 Å². The number of ether oxygens (including phenoxy) is 1. The van der Waals surface area contributed by atoms with E-state index in [4.69, 9.17) is 32.1 Å². The fourth-order valence-electron chi connectivity index (χ4n) is 3.76. The number of barbiturate groups is 1. The molecule has 0 radical (unpaired) electrons. The smallest absolute Gasteiger partial charge is 0.339 e.